The van der Waals surface area contributed by atoms with Crippen molar-refractivity contribution in [1.29, 1.82) is 5.26 Å². The number of nitrogens with zero attached hydrogens (tertiary/aromatic N) is 1. The van der Waals surface area contributed by atoms with Crippen molar-refractivity contribution in [3.8, 4) is 6.07 Å². The number of rotatable bonds is 3. The molecular weight excluding hydrogens is 242 g/mol. The zero-order chi connectivity index (χ0) is 13.3. The standard InChI is InChI=1S/C11H15NO4S/c1-4-16-10(13)11(7-12)6-9(5-8(11)2)17(3,14)15/h9H,2,4-6H2,1,3H3. The first-order valence-corrected chi connectivity index (χ1v) is 7.19. The molecule has 1 rings (SSSR count). The topological polar surface area (TPSA) is 84.2 Å². The first kappa shape index (κ1) is 13.7. The van der Waals surface area contributed by atoms with Gasteiger partial charge in [-0.15, -0.1) is 0 Å². The smallest absolute Gasteiger partial charge is 0.330 e. The van der Waals surface area contributed by atoms with Crippen LogP contribution in [0.25, 0.3) is 0 Å². The molecule has 5 nitrogen and oxygen atoms in total. The summed E-state index contributed by atoms with van der Waals surface area (Å²) in [6.07, 6.45) is 1.19. The molecule has 1 fully saturated rings. The van der Waals surface area contributed by atoms with E-state index in [4.69, 9.17) is 10.00 Å². The Morgan fingerprint density at radius 3 is 2.65 bits per heavy atom. The fraction of sp³-hybridized carbons (Fsp3) is 0.636. The Morgan fingerprint density at radius 2 is 2.29 bits per heavy atom. The molecule has 6 heteroatoms. The number of esters is 1. The second-order valence-electron chi connectivity index (χ2n) is 4.20. The van der Waals surface area contributed by atoms with Crippen LogP contribution in [0.3, 0.4) is 0 Å². The summed E-state index contributed by atoms with van der Waals surface area (Å²) in [7, 11) is -3.28. The van der Waals surface area contributed by atoms with Gasteiger partial charge in [0.2, 0.25) is 0 Å². The van der Waals surface area contributed by atoms with Crippen LogP contribution in [0.15, 0.2) is 12.2 Å². The zero-order valence-corrected chi connectivity index (χ0v) is 10.7. The van der Waals surface area contributed by atoms with Gasteiger partial charge in [-0.05, 0) is 25.3 Å². The molecule has 0 aliphatic heterocycles. The maximum Gasteiger partial charge on any atom is 0.330 e. The van der Waals surface area contributed by atoms with Crippen LogP contribution in [0.2, 0.25) is 0 Å². The van der Waals surface area contributed by atoms with Crippen LogP contribution in [0.4, 0.5) is 0 Å². The van der Waals surface area contributed by atoms with E-state index in [1.807, 2.05) is 6.07 Å². The van der Waals surface area contributed by atoms with Crippen molar-refractivity contribution in [1.82, 2.24) is 0 Å². The lowest BCUT2D eigenvalue weighted by atomic mass is 9.85. The molecule has 0 amide bonds. The van der Waals surface area contributed by atoms with Crippen LogP contribution in [0, 0.1) is 16.7 Å². The number of ether oxygens (including phenoxy) is 1. The first-order valence-electron chi connectivity index (χ1n) is 5.23. The summed E-state index contributed by atoms with van der Waals surface area (Å²) in [4.78, 5) is 11.8. The average Bonchev–Trinajstić information content (AvgIpc) is 2.56. The molecule has 0 bridgehead atoms. The largest absolute Gasteiger partial charge is 0.465 e. The van der Waals surface area contributed by atoms with Gasteiger partial charge in [0, 0.05) is 6.26 Å². The Hall–Kier alpha value is -1.35. The predicted octanol–water partition coefficient (Wildman–Crippen LogP) is 0.823. The van der Waals surface area contributed by atoms with Gasteiger partial charge in [0.15, 0.2) is 15.3 Å². The van der Waals surface area contributed by atoms with Crippen molar-refractivity contribution in [2.45, 2.75) is 25.0 Å². The van der Waals surface area contributed by atoms with E-state index in [9.17, 15) is 13.2 Å². The van der Waals surface area contributed by atoms with Crippen LogP contribution in [-0.4, -0.2) is 32.5 Å². The SMILES string of the molecule is C=C1CC(S(C)(=O)=O)CC1(C#N)C(=O)OCC. The second-order valence-corrected chi connectivity index (χ2v) is 6.53. The van der Waals surface area contributed by atoms with E-state index in [1.54, 1.807) is 6.92 Å². The predicted molar refractivity (Wildman–Crippen MR) is 61.7 cm³/mol. The number of hydrogen-bond donors (Lipinski definition) is 0. The highest BCUT2D eigenvalue weighted by atomic mass is 32.2. The van der Waals surface area contributed by atoms with E-state index in [0.717, 1.165) is 6.26 Å². The van der Waals surface area contributed by atoms with Crippen molar-refractivity contribution in [3.63, 3.8) is 0 Å². The van der Waals surface area contributed by atoms with E-state index in [-0.39, 0.29) is 19.4 Å². The van der Waals surface area contributed by atoms with Gasteiger partial charge in [-0.1, -0.05) is 6.58 Å². The Labute approximate surface area is 101 Å². The Kier molecular flexibility index (Phi) is 3.62. The third kappa shape index (κ3) is 2.34. The molecule has 0 spiro atoms. The molecule has 0 saturated heterocycles. The van der Waals surface area contributed by atoms with E-state index in [1.165, 1.54) is 0 Å². The summed E-state index contributed by atoms with van der Waals surface area (Å²) >= 11 is 0. The normalized spacial score (nSPS) is 28.8. The van der Waals surface area contributed by atoms with Gasteiger partial charge in [-0.3, -0.25) is 0 Å². The molecule has 2 unspecified atom stereocenters. The number of nitriles is 1. The van der Waals surface area contributed by atoms with Crippen LogP contribution < -0.4 is 0 Å². The van der Waals surface area contributed by atoms with Gasteiger partial charge in [0.25, 0.3) is 0 Å². The number of carbonyl (C=O) groups excluding carboxylic acids is 1. The highest BCUT2D eigenvalue weighted by Crippen LogP contribution is 2.45. The van der Waals surface area contributed by atoms with E-state index in [2.05, 4.69) is 6.58 Å². The van der Waals surface area contributed by atoms with Gasteiger partial charge in [-0.2, -0.15) is 5.26 Å². The lowest BCUT2D eigenvalue weighted by Crippen LogP contribution is -2.31. The molecule has 2 atom stereocenters. The molecule has 0 heterocycles. The minimum atomic E-state index is -3.28. The van der Waals surface area contributed by atoms with Crippen molar-refractivity contribution >= 4 is 15.8 Å². The van der Waals surface area contributed by atoms with Gasteiger partial charge < -0.3 is 4.74 Å². The molecule has 1 saturated carbocycles. The summed E-state index contributed by atoms with van der Waals surface area (Å²) in [5.74, 6) is -0.696. The molecule has 1 aliphatic carbocycles. The minimum Gasteiger partial charge on any atom is -0.465 e. The quantitative estimate of drug-likeness (QED) is 0.552. The van der Waals surface area contributed by atoms with E-state index < -0.39 is 26.5 Å². The van der Waals surface area contributed by atoms with Crippen molar-refractivity contribution in [2.75, 3.05) is 12.9 Å². The minimum absolute atomic E-state index is 0.0556. The zero-order valence-electron chi connectivity index (χ0n) is 9.89. The number of sulfone groups is 1. The molecule has 0 aromatic carbocycles. The molecule has 0 aromatic rings. The molecule has 0 radical (unpaired) electrons. The highest BCUT2D eigenvalue weighted by Gasteiger charge is 2.52. The molecule has 17 heavy (non-hydrogen) atoms. The van der Waals surface area contributed by atoms with Crippen molar-refractivity contribution in [2.24, 2.45) is 5.41 Å². The fourth-order valence-electron chi connectivity index (χ4n) is 1.96. The lowest BCUT2D eigenvalue weighted by molar-refractivity contribution is -0.149. The van der Waals surface area contributed by atoms with Gasteiger partial charge >= 0.3 is 5.97 Å². The monoisotopic (exact) mass is 257 g/mol. The maximum atomic E-state index is 11.8. The summed E-state index contributed by atoms with van der Waals surface area (Å²) in [6, 6.07) is 1.88. The van der Waals surface area contributed by atoms with Gasteiger partial charge in [0.05, 0.1) is 17.9 Å². The van der Waals surface area contributed by atoms with E-state index in [0.29, 0.717) is 5.57 Å². The first-order chi connectivity index (χ1) is 7.78. The Morgan fingerprint density at radius 1 is 1.71 bits per heavy atom. The van der Waals surface area contributed by atoms with Gasteiger partial charge in [0.1, 0.15) is 0 Å². The summed E-state index contributed by atoms with van der Waals surface area (Å²) in [6.45, 7) is 5.44. The summed E-state index contributed by atoms with van der Waals surface area (Å²) in [5.41, 5.74) is -1.17. The molecule has 0 aromatic heterocycles. The third-order valence-corrected chi connectivity index (χ3v) is 4.58. The Bertz CT molecular complexity index is 488. The Balaban J connectivity index is 3.09. The number of hydrogen-bond acceptors (Lipinski definition) is 5. The molecular formula is C11H15NO4S. The van der Waals surface area contributed by atoms with Crippen molar-refractivity contribution in [3.05, 3.63) is 12.2 Å². The summed E-state index contributed by atoms with van der Waals surface area (Å²) < 4.78 is 27.8. The third-order valence-electron chi connectivity index (χ3n) is 3.03. The van der Waals surface area contributed by atoms with E-state index >= 15 is 0 Å². The number of carbonyl (C=O) groups is 1. The van der Waals surface area contributed by atoms with Crippen molar-refractivity contribution < 1.29 is 17.9 Å². The second kappa shape index (κ2) is 4.49. The fourth-order valence-corrected chi connectivity index (χ4v) is 3.02. The van der Waals surface area contributed by atoms with Crippen LogP contribution in [0.5, 0.6) is 0 Å². The highest BCUT2D eigenvalue weighted by molar-refractivity contribution is 7.91. The average molecular weight is 257 g/mol. The molecule has 0 N–H and O–H groups in total. The lowest BCUT2D eigenvalue weighted by Gasteiger charge is -2.19. The molecule has 94 valence electrons. The summed E-state index contributed by atoms with van der Waals surface area (Å²) in [5, 5.41) is 8.44. The maximum absolute atomic E-state index is 11.8. The van der Waals surface area contributed by atoms with Crippen LogP contribution in [0.1, 0.15) is 19.8 Å². The molecule has 1 aliphatic rings. The van der Waals surface area contributed by atoms with Gasteiger partial charge in [-0.25, -0.2) is 13.2 Å². The van der Waals surface area contributed by atoms with Crippen LogP contribution in [-0.2, 0) is 19.4 Å². The van der Waals surface area contributed by atoms with Crippen LogP contribution >= 0.6 is 0 Å².